The van der Waals surface area contributed by atoms with Crippen LogP contribution in [0.4, 0.5) is 0 Å². The summed E-state index contributed by atoms with van der Waals surface area (Å²) < 4.78 is 32.2. The minimum atomic E-state index is -2.96. The van der Waals surface area contributed by atoms with Gasteiger partial charge in [0.25, 0.3) is 0 Å². The van der Waals surface area contributed by atoms with Crippen molar-refractivity contribution < 1.29 is 26.6 Å². The third-order valence-corrected chi connectivity index (χ3v) is 8.27. The summed E-state index contributed by atoms with van der Waals surface area (Å²) in [4.78, 5) is 0. The lowest BCUT2D eigenvalue weighted by Gasteiger charge is -2.27. The summed E-state index contributed by atoms with van der Waals surface area (Å²) in [5, 5.41) is 0. The molecule has 1 aliphatic heterocycles. The monoisotopic (exact) mass is 310 g/mol. The summed E-state index contributed by atoms with van der Waals surface area (Å²) in [6.07, 6.45) is 5.18. The van der Waals surface area contributed by atoms with E-state index in [2.05, 4.69) is 0 Å². The molecule has 0 N–H and O–H groups in total. The Bertz CT molecular complexity index is 227. The van der Waals surface area contributed by atoms with Crippen molar-refractivity contribution >= 4 is 18.3 Å². The van der Waals surface area contributed by atoms with Gasteiger partial charge >= 0.3 is 18.3 Å². The standard InChI is InChI=1S/C11H26O6Si2/c1-12-18(17-19(13-2,14-3)15-4)9-7-5-6-8-11-10-16-11/h11,18H,5-10H2,1-4H3. The second kappa shape index (κ2) is 9.19. The van der Waals surface area contributed by atoms with Crippen LogP contribution >= 0.6 is 0 Å². The van der Waals surface area contributed by atoms with Gasteiger partial charge in [0.15, 0.2) is 0 Å². The highest BCUT2D eigenvalue weighted by atomic mass is 28.5. The predicted molar refractivity (Wildman–Crippen MR) is 75.0 cm³/mol. The molecular formula is C11H26O6Si2. The van der Waals surface area contributed by atoms with Crippen LogP contribution in [0.3, 0.4) is 0 Å². The zero-order chi connectivity index (χ0) is 14.1. The maximum absolute atomic E-state index is 5.84. The van der Waals surface area contributed by atoms with E-state index < -0.39 is 18.3 Å². The van der Waals surface area contributed by atoms with Gasteiger partial charge in [0.05, 0.1) is 12.7 Å². The molecule has 2 atom stereocenters. The summed E-state index contributed by atoms with van der Waals surface area (Å²) in [6.45, 7) is 0.947. The molecule has 1 saturated heterocycles. The van der Waals surface area contributed by atoms with Crippen molar-refractivity contribution in [2.45, 2.75) is 37.8 Å². The summed E-state index contributed by atoms with van der Waals surface area (Å²) in [5.41, 5.74) is 0. The fraction of sp³-hybridized carbons (Fsp3) is 1.00. The summed E-state index contributed by atoms with van der Waals surface area (Å²) in [5.74, 6) is 0. The molecule has 0 aliphatic carbocycles. The second-order valence-corrected chi connectivity index (χ2v) is 9.56. The second-order valence-electron chi connectivity index (χ2n) is 4.49. The molecule has 0 bridgehead atoms. The topological polar surface area (TPSA) is 58.7 Å². The molecule has 0 aromatic rings. The smallest absolute Gasteiger partial charge is 0.400 e. The Hall–Kier alpha value is 0.194. The summed E-state index contributed by atoms with van der Waals surface area (Å²) in [7, 11) is 1.54. The lowest BCUT2D eigenvalue weighted by Crippen LogP contribution is -2.50. The van der Waals surface area contributed by atoms with Crippen molar-refractivity contribution in [3.8, 4) is 0 Å². The molecule has 2 unspecified atom stereocenters. The molecular weight excluding hydrogens is 284 g/mol. The highest BCUT2D eigenvalue weighted by Gasteiger charge is 2.44. The molecule has 8 heteroatoms. The number of hydrogen-bond donors (Lipinski definition) is 0. The number of rotatable bonds is 12. The van der Waals surface area contributed by atoms with Crippen molar-refractivity contribution in [1.29, 1.82) is 0 Å². The zero-order valence-corrected chi connectivity index (χ0v) is 14.5. The molecule has 6 nitrogen and oxygen atoms in total. The average molecular weight is 310 g/mol. The zero-order valence-electron chi connectivity index (χ0n) is 12.3. The number of ether oxygens (including phenoxy) is 1. The van der Waals surface area contributed by atoms with Crippen LogP contribution in [-0.2, 0) is 26.6 Å². The third-order valence-electron chi connectivity index (χ3n) is 3.16. The lowest BCUT2D eigenvalue weighted by atomic mass is 10.2. The number of epoxide rings is 1. The van der Waals surface area contributed by atoms with E-state index in [1.165, 1.54) is 40.6 Å². The fourth-order valence-electron chi connectivity index (χ4n) is 1.87. The Balaban J connectivity index is 2.18. The Labute approximate surface area is 118 Å². The van der Waals surface area contributed by atoms with Gasteiger partial charge in [0, 0.05) is 28.4 Å². The largest absolute Gasteiger partial charge is 0.669 e. The predicted octanol–water partition coefficient (Wildman–Crippen LogP) is 1.20. The molecule has 0 aromatic heterocycles. The summed E-state index contributed by atoms with van der Waals surface area (Å²) in [6, 6.07) is 0.937. The van der Waals surface area contributed by atoms with Gasteiger partial charge in [0.2, 0.25) is 0 Å². The lowest BCUT2D eigenvalue weighted by molar-refractivity contribution is 0.0413. The molecule has 114 valence electrons. The van der Waals surface area contributed by atoms with E-state index in [1.807, 2.05) is 0 Å². The SMILES string of the molecule is CO[SiH](CCCCCC1CO1)O[Si](OC)(OC)OC. The third kappa shape index (κ3) is 6.45. The van der Waals surface area contributed by atoms with Gasteiger partial charge in [0.1, 0.15) is 0 Å². The van der Waals surface area contributed by atoms with E-state index in [-0.39, 0.29) is 0 Å². The van der Waals surface area contributed by atoms with E-state index >= 15 is 0 Å². The Kier molecular flexibility index (Phi) is 8.34. The first-order chi connectivity index (χ1) is 9.19. The van der Waals surface area contributed by atoms with Crippen LogP contribution in [0.5, 0.6) is 0 Å². The molecule has 0 aromatic carbocycles. The highest BCUT2D eigenvalue weighted by Crippen LogP contribution is 2.19. The maximum atomic E-state index is 5.84. The van der Waals surface area contributed by atoms with Gasteiger partial charge in [-0.3, -0.25) is 0 Å². The van der Waals surface area contributed by atoms with Crippen LogP contribution in [0, 0.1) is 0 Å². The van der Waals surface area contributed by atoms with Crippen molar-refractivity contribution in [3.63, 3.8) is 0 Å². The van der Waals surface area contributed by atoms with E-state index in [0.717, 1.165) is 19.1 Å². The van der Waals surface area contributed by atoms with Gasteiger partial charge in [-0.1, -0.05) is 19.3 Å². The number of hydrogen-bond acceptors (Lipinski definition) is 6. The molecule has 0 amide bonds. The fourth-order valence-corrected chi connectivity index (χ4v) is 6.53. The Morgan fingerprint density at radius 2 is 1.68 bits per heavy atom. The van der Waals surface area contributed by atoms with E-state index in [9.17, 15) is 0 Å². The first-order valence-electron chi connectivity index (χ1n) is 6.67. The minimum absolute atomic E-state index is 0.530. The molecule has 0 radical (unpaired) electrons. The van der Waals surface area contributed by atoms with Crippen LogP contribution in [0.2, 0.25) is 6.04 Å². The molecule has 1 aliphatic rings. The molecule has 0 spiro atoms. The average Bonchev–Trinajstić information content (AvgIpc) is 3.27. The first-order valence-corrected chi connectivity index (χ1v) is 10.1. The normalized spacial score (nSPS) is 20.5. The van der Waals surface area contributed by atoms with Crippen LogP contribution in [-0.4, -0.2) is 59.5 Å². The van der Waals surface area contributed by atoms with E-state index in [0.29, 0.717) is 6.10 Å². The van der Waals surface area contributed by atoms with Crippen LogP contribution in [0.1, 0.15) is 25.7 Å². The first kappa shape index (κ1) is 17.2. The van der Waals surface area contributed by atoms with Gasteiger partial charge in [-0.25, -0.2) is 0 Å². The molecule has 1 fully saturated rings. The number of unbranched alkanes of at least 4 members (excludes halogenated alkanes) is 2. The minimum Gasteiger partial charge on any atom is -0.400 e. The highest BCUT2D eigenvalue weighted by molar-refractivity contribution is 6.64. The van der Waals surface area contributed by atoms with Gasteiger partial charge in [-0.2, -0.15) is 0 Å². The summed E-state index contributed by atoms with van der Waals surface area (Å²) >= 11 is 0. The molecule has 19 heavy (non-hydrogen) atoms. The Morgan fingerprint density at radius 1 is 1.05 bits per heavy atom. The van der Waals surface area contributed by atoms with Crippen molar-refractivity contribution in [2.75, 3.05) is 35.0 Å². The quantitative estimate of drug-likeness (QED) is 0.307. The van der Waals surface area contributed by atoms with Gasteiger partial charge in [-0.15, -0.1) is 0 Å². The van der Waals surface area contributed by atoms with Crippen molar-refractivity contribution in [1.82, 2.24) is 0 Å². The molecule has 1 rings (SSSR count). The van der Waals surface area contributed by atoms with Crippen molar-refractivity contribution in [3.05, 3.63) is 0 Å². The molecule has 1 heterocycles. The van der Waals surface area contributed by atoms with Gasteiger partial charge < -0.3 is 26.6 Å². The van der Waals surface area contributed by atoms with E-state index in [4.69, 9.17) is 26.6 Å². The van der Waals surface area contributed by atoms with Crippen LogP contribution < -0.4 is 0 Å². The van der Waals surface area contributed by atoms with Crippen molar-refractivity contribution in [2.24, 2.45) is 0 Å². The Morgan fingerprint density at radius 3 is 2.16 bits per heavy atom. The maximum Gasteiger partial charge on any atom is 0.669 e. The van der Waals surface area contributed by atoms with Gasteiger partial charge in [-0.05, 0) is 12.5 Å². The molecule has 0 saturated carbocycles. The van der Waals surface area contributed by atoms with Crippen LogP contribution in [0.15, 0.2) is 0 Å². The van der Waals surface area contributed by atoms with Crippen LogP contribution in [0.25, 0.3) is 0 Å². The van der Waals surface area contributed by atoms with E-state index in [1.54, 1.807) is 7.11 Å².